The SMILES string of the molecule is CN(C(=O)COC(=O)CC(c1ccccc1)c1ccccc1)c1ccccc1. The molecule has 4 nitrogen and oxygen atoms in total. The average molecular weight is 373 g/mol. The van der Waals surface area contributed by atoms with Gasteiger partial charge in [0.05, 0.1) is 6.42 Å². The van der Waals surface area contributed by atoms with Gasteiger partial charge in [-0.25, -0.2) is 0 Å². The van der Waals surface area contributed by atoms with Gasteiger partial charge >= 0.3 is 5.97 Å². The van der Waals surface area contributed by atoms with Gasteiger partial charge in [0.25, 0.3) is 5.91 Å². The van der Waals surface area contributed by atoms with Crippen LogP contribution in [0.2, 0.25) is 0 Å². The van der Waals surface area contributed by atoms with Crippen molar-refractivity contribution in [3.63, 3.8) is 0 Å². The van der Waals surface area contributed by atoms with Crippen LogP contribution >= 0.6 is 0 Å². The third-order valence-electron chi connectivity index (χ3n) is 4.65. The molecule has 0 bridgehead atoms. The van der Waals surface area contributed by atoms with Crippen LogP contribution < -0.4 is 4.90 Å². The van der Waals surface area contributed by atoms with Crippen LogP contribution in [0.3, 0.4) is 0 Å². The lowest BCUT2D eigenvalue weighted by molar-refractivity contribution is -0.148. The van der Waals surface area contributed by atoms with Crippen LogP contribution in [0.25, 0.3) is 0 Å². The fourth-order valence-electron chi connectivity index (χ4n) is 3.06. The number of carbonyl (C=O) groups is 2. The van der Waals surface area contributed by atoms with Gasteiger partial charge in [0.15, 0.2) is 6.61 Å². The maximum atomic E-state index is 12.5. The molecule has 3 aromatic carbocycles. The van der Waals surface area contributed by atoms with Crippen molar-refractivity contribution in [2.24, 2.45) is 0 Å². The van der Waals surface area contributed by atoms with Crippen LogP contribution in [-0.4, -0.2) is 25.5 Å². The first-order valence-electron chi connectivity index (χ1n) is 9.22. The summed E-state index contributed by atoms with van der Waals surface area (Å²) in [6, 6.07) is 29.0. The van der Waals surface area contributed by atoms with E-state index in [1.54, 1.807) is 7.05 Å². The van der Waals surface area contributed by atoms with Crippen molar-refractivity contribution >= 4 is 17.6 Å². The first-order valence-corrected chi connectivity index (χ1v) is 9.22. The van der Waals surface area contributed by atoms with Crippen LogP contribution in [0, 0.1) is 0 Å². The Morgan fingerprint density at radius 3 is 1.75 bits per heavy atom. The lowest BCUT2D eigenvalue weighted by Gasteiger charge is -2.19. The number of carbonyl (C=O) groups excluding carboxylic acids is 2. The number of esters is 1. The number of nitrogens with zero attached hydrogens (tertiary/aromatic N) is 1. The second-order valence-electron chi connectivity index (χ2n) is 6.53. The molecule has 0 saturated heterocycles. The van der Waals surface area contributed by atoms with E-state index in [9.17, 15) is 9.59 Å². The number of hydrogen-bond acceptors (Lipinski definition) is 3. The van der Waals surface area contributed by atoms with E-state index in [2.05, 4.69) is 0 Å². The van der Waals surface area contributed by atoms with Gasteiger partial charge in [-0.1, -0.05) is 78.9 Å². The summed E-state index contributed by atoms with van der Waals surface area (Å²) in [5.41, 5.74) is 2.84. The molecule has 142 valence electrons. The molecule has 1 amide bonds. The summed E-state index contributed by atoms with van der Waals surface area (Å²) in [6.45, 7) is -0.277. The molecule has 0 heterocycles. The van der Waals surface area contributed by atoms with Crippen LogP contribution in [0.5, 0.6) is 0 Å². The highest BCUT2D eigenvalue weighted by molar-refractivity contribution is 5.94. The molecule has 3 rings (SSSR count). The van der Waals surface area contributed by atoms with E-state index in [4.69, 9.17) is 4.74 Å². The third-order valence-corrected chi connectivity index (χ3v) is 4.65. The average Bonchev–Trinajstić information content (AvgIpc) is 2.77. The number of para-hydroxylation sites is 1. The number of hydrogen-bond donors (Lipinski definition) is 0. The zero-order valence-electron chi connectivity index (χ0n) is 15.8. The van der Waals surface area contributed by atoms with Crippen LogP contribution in [0.15, 0.2) is 91.0 Å². The van der Waals surface area contributed by atoms with E-state index < -0.39 is 5.97 Å². The maximum absolute atomic E-state index is 12.5. The first kappa shape index (κ1) is 19.4. The lowest BCUT2D eigenvalue weighted by Crippen LogP contribution is -2.31. The van der Waals surface area contributed by atoms with Gasteiger partial charge in [-0.2, -0.15) is 0 Å². The highest BCUT2D eigenvalue weighted by Crippen LogP contribution is 2.28. The van der Waals surface area contributed by atoms with E-state index in [0.29, 0.717) is 0 Å². The Hall–Kier alpha value is -3.40. The van der Waals surface area contributed by atoms with Gasteiger partial charge < -0.3 is 9.64 Å². The van der Waals surface area contributed by atoms with Gasteiger partial charge in [0, 0.05) is 18.7 Å². The van der Waals surface area contributed by atoms with Crippen LogP contribution in [0.4, 0.5) is 5.69 Å². The summed E-state index contributed by atoms with van der Waals surface area (Å²) in [6.07, 6.45) is 0.177. The van der Waals surface area contributed by atoms with Crippen molar-refractivity contribution in [1.82, 2.24) is 0 Å². The molecule has 0 N–H and O–H groups in total. The van der Waals surface area contributed by atoms with Crippen molar-refractivity contribution in [3.8, 4) is 0 Å². The fraction of sp³-hybridized carbons (Fsp3) is 0.167. The fourth-order valence-corrected chi connectivity index (χ4v) is 3.06. The number of likely N-dealkylation sites (N-methyl/N-ethyl adjacent to an activating group) is 1. The Morgan fingerprint density at radius 2 is 1.25 bits per heavy atom. The van der Waals surface area contributed by atoms with E-state index in [0.717, 1.165) is 16.8 Å². The molecular weight excluding hydrogens is 350 g/mol. The second kappa shape index (κ2) is 9.51. The highest BCUT2D eigenvalue weighted by atomic mass is 16.5. The number of rotatable bonds is 7. The molecule has 0 aliphatic rings. The van der Waals surface area contributed by atoms with Gasteiger partial charge in [-0.15, -0.1) is 0 Å². The molecule has 0 aliphatic heterocycles. The van der Waals surface area contributed by atoms with Crippen LogP contribution in [-0.2, 0) is 14.3 Å². The Balaban J connectivity index is 1.64. The third kappa shape index (κ3) is 5.07. The lowest BCUT2D eigenvalue weighted by atomic mass is 9.89. The van der Waals surface area contributed by atoms with Crippen molar-refractivity contribution in [3.05, 3.63) is 102 Å². The minimum Gasteiger partial charge on any atom is -0.456 e. The standard InChI is InChI=1S/C24H23NO3/c1-25(21-15-9-4-10-16-21)23(26)18-28-24(27)17-22(19-11-5-2-6-12-19)20-13-7-3-8-14-20/h2-16,22H,17-18H2,1H3. The van der Waals surface area contributed by atoms with Crippen molar-refractivity contribution in [2.75, 3.05) is 18.6 Å². The summed E-state index contributed by atoms with van der Waals surface area (Å²) in [5, 5.41) is 0. The molecular formula is C24H23NO3. The first-order chi connectivity index (χ1) is 13.6. The minimum atomic E-state index is -0.396. The van der Waals surface area contributed by atoms with E-state index >= 15 is 0 Å². The molecule has 0 spiro atoms. The molecule has 0 unspecified atom stereocenters. The molecule has 28 heavy (non-hydrogen) atoms. The predicted molar refractivity (Wildman–Crippen MR) is 110 cm³/mol. The van der Waals surface area contributed by atoms with Crippen molar-refractivity contribution < 1.29 is 14.3 Å². The molecule has 4 heteroatoms. The summed E-state index contributed by atoms with van der Waals surface area (Å²) in [5.74, 6) is -0.778. The summed E-state index contributed by atoms with van der Waals surface area (Å²) < 4.78 is 5.29. The molecule has 0 atom stereocenters. The zero-order chi connectivity index (χ0) is 19.8. The van der Waals surface area contributed by atoms with Gasteiger partial charge in [0.2, 0.25) is 0 Å². The molecule has 3 aromatic rings. The largest absolute Gasteiger partial charge is 0.456 e. The molecule has 0 aliphatic carbocycles. The summed E-state index contributed by atoms with van der Waals surface area (Å²) in [7, 11) is 1.67. The number of benzene rings is 3. The van der Waals surface area contributed by atoms with E-state index in [-0.39, 0.29) is 24.9 Å². The van der Waals surface area contributed by atoms with Crippen molar-refractivity contribution in [2.45, 2.75) is 12.3 Å². The van der Waals surface area contributed by atoms with Crippen LogP contribution in [0.1, 0.15) is 23.5 Å². The number of amides is 1. The van der Waals surface area contributed by atoms with Gasteiger partial charge in [-0.3, -0.25) is 9.59 Å². The van der Waals surface area contributed by atoms with Crippen molar-refractivity contribution in [1.29, 1.82) is 0 Å². The summed E-state index contributed by atoms with van der Waals surface area (Å²) >= 11 is 0. The van der Waals surface area contributed by atoms with E-state index in [1.807, 2.05) is 91.0 Å². The molecule has 0 saturated carbocycles. The smallest absolute Gasteiger partial charge is 0.307 e. The van der Waals surface area contributed by atoms with E-state index in [1.165, 1.54) is 4.90 Å². The number of anilines is 1. The summed E-state index contributed by atoms with van der Waals surface area (Å²) in [4.78, 5) is 26.3. The monoisotopic (exact) mass is 373 g/mol. The van der Waals surface area contributed by atoms with Gasteiger partial charge in [0.1, 0.15) is 0 Å². The molecule has 0 aromatic heterocycles. The minimum absolute atomic E-state index is 0.114. The maximum Gasteiger partial charge on any atom is 0.307 e. The highest BCUT2D eigenvalue weighted by Gasteiger charge is 2.20. The zero-order valence-corrected chi connectivity index (χ0v) is 15.8. The molecule has 0 fully saturated rings. The quantitative estimate of drug-likeness (QED) is 0.576. The Bertz CT molecular complexity index is 855. The Kier molecular flexibility index (Phi) is 6.58. The topological polar surface area (TPSA) is 46.6 Å². The molecule has 0 radical (unpaired) electrons. The Morgan fingerprint density at radius 1 is 0.786 bits per heavy atom. The predicted octanol–water partition coefficient (Wildman–Crippen LogP) is 4.41. The number of ether oxygens (including phenoxy) is 1. The van der Waals surface area contributed by atoms with Gasteiger partial charge in [-0.05, 0) is 23.3 Å². The Labute approximate surface area is 165 Å². The second-order valence-corrected chi connectivity index (χ2v) is 6.53. The normalized spacial score (nSPS) is 10.5.